The number of carbonyl (C=O) groups excluding carboxylic acids is 3. The van der Waals surface area contributed by atoms with Crippen molar-refractivity contribution in [1.82, 2.24) is 4.90 Å². The van der Waals surface area contributed by atoms with Crippen molar-refractivity contribution in [2.45, 2.75) is 201 Å². The second kappa shape index (κ2) is 20.5. The summed E-state index contributed by atoms with van der Waals surface area (Å²) in [6.45, 7) is 26.8. The Bertz CT molecular complexity index is 1570. The van der Waals surface area contributed by atoms with Crippen LogP contribution in [-0.4, -0.2) is 126 Å². The number of esters is 3. The zero-order chi connectivity index (χ0) is 45.9. The number of methoxy groups -OCH3 is 1. The molecule has 0 amide bonds. The Morgan fingerprint density at radius 2 is 1.59 bits per heavy atom. The van der Waals surface area contributed by atoms with Gasteiger partial charge < -0.3 is 48.4 Å². The zero-order valence-electron chi connectivity index (χ0n) is 39.9. The fourth-order valence-electron chi connectivity index (χ4n) is 11.8. The highest BCUT2D eigenvalue weighted by Gasteiger charge is 2.57. The molecule has 350 valence electrons. The van der Waals surface area contributed by atoms with Crippen molar-refractivity contribution in [1.29, 1.82) is 0 Å². The molecule has 0 spiro atoms. The Morgan fingerprint density at radius 3 is 2.15 bits per heavy atom. The van der Waals surface area contributed by atoms with E-state index in [1.807, 2.05) is 60.5 Å². The van der Waals surface area contributed by atoms with Crippen molar-refractivity contribution in [2.75, 3.05) is 21.2 Å². The first kappa shape index (κ1) is 51.0. The first-order valence-electron chi connectivity index (χ1n) is 22.7. The van der Waals surface area contributed by atoms with Gasteiger partial charge in [-0.15, -0.1) is 0 Å². The molecule has 1 saturated carbocycles. The van der Waals surface area contributed by atoms with Gasteiger partial charge in [0.2, 0.25) is 0 Å². The summed E-state index contributed by atoms with van der Waals surface area (Å²) in [6, 6.07) is -0.219. The Balaban J connectivity index is 2.05. The number of oxime groups is 1. The van der Waals surface area contributed by atoms with E-state index in [1.54, 1.807) is 14.0 Å². The summed E-state index contributed by atoms with van der Waals surface area (Å²) in [5.41, 5.74) is -1.64. The van der Waals surface area contributed by atoms with E-state index in [0.717, 1.165) is 5.57 Å². The number of rotatable bonds is 8. The Labute approximate surface area is 365 Å². The largest absolute Gasteiger partial charge is 0.459 e. The molecule has 14 nitrogen and oxygen atoms in total. The number of allylic oxidation sites excluding steroid dienone is 1. The fourth-order valence-corrected chi connectivity index (χ4v) is 11.8. The number of likely N-dealkylation sites (N-methyl/N-ethyl adjacent to an activating group) is 1. The molecule has 14 heteroatoms. The highest BCUT2D eigenvalue weighted by molar-refractivity contribution is 5.88. The molecular weight excluding hydrogens is 785 g/mol. The average molecular weight is 865 g/mol. The number of hydrogen-bond donors (Lipinski definition) is 2. The molecule has 3 saturated heterocycles. The molecule has 18 atom stereocenters. The normalized spacial score (nSPS) is 45.3. The molecule has 4 aliphatic rings. The number of nitrogens with zero attached hydrogens (tertiary/aromatic N) is 2. The predicted molar refractivity (Wildman–Crippen MR) is 231 cm³/mol. The summed E-state index contributed by atoms with van der Waals surface area (Å²) in [7, 11) is 5.48. The summed E-state index contributed by atoms with van der Waals surface area (Å²) in [5, 5.41) is 27.4. The lowest BCUT2D eigenvalue weighted by Gasteiger charge is -2.53. The van der Waals surface area contributed by atoms with Gasteiger partial charge in [-0.05, 0) is 110 Å². The maximum absolute atomic E-state index is 14.9. The van der Waals surface area contributed by atoms with Crippen LogP contribution in [0.5, 0.6) is 0 Å². The van der Waals surface area contributed by atoms with Gasteiger partial charge in [-0.25, -0.2) is 0 Å². The van der Waals surface area contributed by atoms with Gasteiger partial charge in [0.1, 0.15) is 17.3 Å². The van der Waals surface area contributed by atoms with Crippen LogP contribution in [-0.2, 0) is 47.5 Å². The summed E-state index contributed by atoms with van der Waals surface area (Å²) in [6.07, 6.45) is -1.45. The minimum Gasteiger partial charge on any atom is -0.459 e. The molecule has 0 radical (unpaired) electrons. The van der Waals surface area contributed by atoms with Crippen LogP contribution < -0.4 is 0 Å². The topological polar surface area (TPSA) is 172 Å². The van der Waals surface area contributed by atoms with E-state index in [2.05, 4.69) is 32.5 Å². The van der Waals surface area contributed by atoms with Crippen LogP contribution in [0.15, 0.2) is 17.3 Å². The third-order valence-corrected chi connectivity index (χ3v) is 15.1. The number of ether oxygens (including phenoxy) is 7. The van der Waals surface area contributed by atoms with Crippen LogP contribution in [0.25, 0.3) is 0 Å². The van der Waals surface area contributed by atoms with Gasteiger partial charge in [0.25, 0.3) is 0 Å². The third-order valence-electron chi connectivity index (χ3n) is 15.1. The summed E-state index contributed by atoms with van der Waals surface area (Å²) in [4.78, 5) is 42.1. The third kappa shape index (κ3) is 11.2. The average Bonchev–Trinajstić information content (AvgIpc) is 3.17. The van der Waals surface area contributed by atoms with Crippen molar-refractivity contribution < 1.29 is 57.9 Å². The van der Waals surface area contributed by atoms with Gasteiger partial charge in [0.15, 0.2) is 18.5 Å². The van der Waals surface area contributed by atoms with Crippen LogP contribution in [0, 0.1) is 40.9 Å². The highest BCUT2D eigenvalue weighted by atomic mass is 16.7. The van der Waals surface area contributed by atoms with Crippen molar-refractivity contribution >= 4 is 23.6 Å². The Kier molecular flexibility index (Phi) is 17.1. The molecule has 4 rings (SSSR count). The van der Waals surface area contributed by atoms with E-state index >= 15 is 0 Å². The minimum atomic E-state index is -1.50. The van der Waals surface area contributed by atoms with E-state index < -0.39 is 107 Å². The quantitative estimate of drug-likeness (QED) is 0.0833. The Morgan fingerprint density at radius 1 is 0.951 bits per heavy atom. The number of carbonyl (C=O) groups is 3. The Hall–Kier alpha value is -2.62. The fraction of sp³-hybridized carbons (Fsp3) is 0.872. The standard InChI is InChI=1S/C47H80N2O12/c1-17-37-47(13,53)34-19-18-25(2)20-21-45(11,23-26(3)39(48-54)28(34)5)41(61-44-40(58-32(9)50)35(49(14)15)22-27(4)56-44)29(6)38(30(7)43(52)60-37)36-24-46(12,55-16)42(31(8)57-36)59-33(10)51/h26-31,34-38,40-42,44,53-54H,2,17-24H2,1,3-16H3/b48-39-/t26-,27-,28-,29+,30-,31+,34-,35+,36?,37-,38+,40-,41-,42+,44+,45-,46-,47+/m1/s1. The first-order valence-corrected chi connectivity index (χ1v) is 22.7. The molecule has 3 heterocycles. The molecule has 3 aliphatic heterocycles. The molecular formula is C47H80N2O12. The zero-order valence-corrected chi connectivity index (χ0v) is 39.9. The number of fused-ring (bicyclic) bond motifs is 5. The van der Waals surface area contributed by atoms with Gasteiger partial charge in [-0.2, -0.15) is 0 Å². The first-order chi connectivity index (χ1) is 28.3. The molecule has 1 unspecified atom stereocenters. The maximum atomic E-state index is 14.9. The molecule has 4 fully saturated rings. The minimum absolute atomic E-state index is 0.219. The summed E-state index contributed by atoms with van der Waals surface area (Å²) < 4.78 is 45.5. The second-order valence-electron chi connectivity index (χ2n) is 20.1. The van der Waals surface area contributed by atoms with Crippen molar-refractivity contribution in [3.8, 4) is 0 Å². The molecule has 1 aliphatic carbocycles. The van der Waals surface area contributed by atoms with Gasteiger partial charge in [-0.1, -0.05) is 58.9 Å². The molecule has 0 aromatic carbocycles. The number of hydrogen-bond acceptors (Lipinski definition) is 14. The van der Waals surface area contributed by atoms with Gasteiger partial charge >= 0.3 is 17.9 Å². The van der Waals surface area contributed by atoms with Crippen LogP contribution in [0.2, 0.25) is 0 Å². The lowest BCUT2D eigenvalue weighted by Crippen LogP contribution is -2.62. The van der Waals surface area contributed by atoms with Crippen LogP contribution in [0.4, 0.5) is 0 Å². The lowest BCUT2D eigenvalue weighted by molar-refractivity contribution is -0.298. The number of cyclic esters (lactones) is 1. The molecule has 2 N–H and O–H groups in total. The SMILES string of the molecule is C=C1CC[C@@H]2[C@@H](C)/C(=N\O)[C@H](C)C[C@@](C)(CC1)[C@H](O[C@@H]1O[C@H](C)C[C@H](N(C)C)[C@H]1OC(C)=O)[C@@H](C)[C@H](C1C[C@@](C)(OC)[C@@H](OC(C)=O)[C@H](C)O1)[C@@H](C)C(=O)O[C@H](CC)[C@@]2(C)O. The smallest absolute Gasteiger partial charge is 0.309 e. The molecule has 61 heavy (non-hydrogen) atoms. The van der Waals surface area contributed by atoms with Gasteiger partial charge in [0.05, 0.1) is 42.1 Å². The van der Waals surface area contributed by atoms with Gasteiger partial charge in [-0.3, -0.25) is 14.4 Å². The van der Waals surface area contributed by atoms with Crippen LogP contribution in [0.1, 0.15) is 134 Å². The van der Waals surface area contributed by atoms with E-state index in [4.69, 9.17) is 33.2 Å². The number of aliphatic hydroxyl groups is 1. The monoisotopic (exact) mass is 865 g/mol. The highest BCUT2D eigenvalue weighted by Crippen LogP contribution is 2.51. The van der Waals surface area contributed by atoms with E-state index in [-0.39, 0.29) is 24.5 Å². The van der Waals surface area contributed by atoms with Crippen molar-refractivity contribution in [3.05, 3.63) is 12.2 Å². The van der Waals surface area contributed by atoms with E-state index in [1.165, 1.54) is 13.8 Å². The van der Waals surface area contributed by atoms with E-state index in [0.29, 0.717) is 50.7 Å². The van der Waals surface area contributed by atoms with Crippen LogP contribution >= 0.6 is 0 Å². The maximum Gasteiger partial charge on any atom is 0.309 e. The summed E-state index contributed by atoms with van der Waals surface area (Å²) >= 11 is 0. The predicted octanol–water partition coefficient (Wildman–Crippen LogP) is 7.10. The lowest BCUT2D eigenvalue weighted by atomic mass is 9.62. The molecule has 0 aromatic heterocycles. The summed E-state index contributed by atoms with van der Waals surface area (Å²) in [5.74, 6) is -4.42. The molecule has 2 bridgehead atoms. The van der Waals surface area contributed by atoms with Crippen LogP contribution in [0.3, 0.4) is 0 Å². The van der Waals surface area contributed by atoms with Crippen molar-refractivity contribution in [3.63, 3.8) is 0 Å². The van der Waals surface area contributed by atoms with Gasteiger partial charge in [0, 0.05) is 39.2 Å². The van der Waals surface area contributed by atoms with E-state index in [9.17, 15) is 24.7 Å². The molecule has 0 aromatic rings. The second-order valence-corrected chi connectivity index (χ2v) is 20.1. The van der Waals surface area contributed by atoms with Crippen molar-refractivity contribution in [2.24, 2.45) is 46.1 Å².